The molecule has 1 heterocycles. The summed E-state index contributed by atoms with van der Waals surface area (Å²) in [5, 5.41) is 4.94. The summed E-state index contributed by atoms with van der Waals surface area (Å²) in [6.07, 6.45) is 2.15. The van der Waals surface area contributed by atoms with E-state index in [1.54, 1.807) is 26.8 Å². The first-order valence-corrected chi connectivity index (χ1v) is 11.1. The van der Waals surface area contributed by atoms with E-state index in [0.717, 1.165) is 5.56 Å². The zero-order chi connectivity index (χ0) is 25.3. The Morgan fingerprint density at radius 1 is 1.29 bits per heavy atom. The maximum absolute atomic E-state index is 13.6. The van der Waals surface area contributed by atoms with Crippen LogP contribution < -0.4 is 16.4 Å². The summed E-state index contributed by atoms with van der Waals surface area (Å²) in [7, 11) is 0. The SMILES string of the molecule is C=C(C)N(C(=O)C(=C(\N)CC)/C(=C\C)NC(=O)COCc1ccccc1)C1CCC(=O)NC1=O. The molecule has 0 bridgehead atoms. The summed E-state index contributed by atoms with van der Waals surface area (Å²) >= 11 is 0. The molecule has 1 aromatic rings. The summed E-state index contributed by atoms with van der Waals surface area (Å²) in [6, 6.07) is 8.51. The predicted molar refractivity (Wildman–Crippen MR) is 127 cm³/mol. The van der Waals surface area contributed by atoms with E-state index in [9.17, 15) is 19.2 Å². The molecule has 1 fully saturated rings. The van der Waals surface area contributed by atoms with Crippen molar-refractivity contribution in [2.45, 2.75) is 52.7 Å². The quantitative estimate of drug-likeness (QED) is 0.274. The van der Waals surface area contributed by atoms with Crippen molar-refractivity contribution in [3.05, 3.63) is 71.2 Å². The van der Waals surface area contributed by atoms with E-state index < -0.39 is 29.7 Å². The molecule has 0 aromatic heterocycles. The minimum atomic E-state index is -0.912. The molecule has 0 radical (unpaired) electrons. The fourth-order valence-electron chi connectivity index (χ4n) is 3.53. The average Bonchev–Trinajstić information content (AvgIpc) is 2.80. The van der Waals surface area contributed by atoms with E-state index in [4.69, 9.17) is 10.5 Å². The number of nitrogens with one attached hydrogen (secondary N) is 2. The third-order valence-electron chi connectivity index (χ3n) is 5.24. The Labute approximate surface area is 199 Å². The van der Waals surface area contributed by atoms with Gasteiger partial charge in [0.05, 0.1) is 17.9 Å². The van der Waals surface area contributed by atoms with E-state index in [1.165, 1.54) is 4.90 Å². The van der Waals surface area contributed by atoms with Crippen molar-refractivity contribution in [2.24, 2.45) is 5.73 Å². The fourth-order valence-corrected chi connectivity index (χ4v) is 3.53. The van der Waals surface area contributed by atoms with Crippen molar-refractivity contribution in [3.63, 3.8) is 0 Å². The first-order chi connectivity index (χ1) is 16.2. The van der Waals surface area contributed by atoms with E-state index in [1.807, 2.05) is 30.3 Å². The minimum Gasteiger partial charge on any atom is -0.401 e. The van der Waals surface area contributed by atoms with Crippen LogP contribution in [0.3, 0.4) is 0 Å². The molecule has 1 aromatic carbocycles. The van der Waals surface area contributed by atoms with Crippen LogP contribution in [0.2, 0.25) is 0 Å². The summed E-state index contributed by atoms with van der Waals surface area (Å²) < 4.78 is 5.48. The van der Waals surface area contributed by atoms with Crippen molar-refractivity contribution < 1.29 is 23.9 Å². The van der Waals surface area contributed by atoms with Crippen LogP contribution in [0.4, 0.5) is 0 Å². The topological polar surface area (TPSA) is 131 Å². The Morgan fingerprint density at radius 2 is 1.97 bits per heavy atom. The highest BCUT2D eigenvalue weighted by atomic mass is 16.5. The normalized spacial score (nSPS) is 16.9. The zero-order valence-electron chi connectivity index (χ0n) is 19.8. The second-order valence-corrected chi connectivity index (χ2v) is 7.86. The maximum atomic E-state index is 13.6. The van der Waals surface area contributed by atoms with Gasteiger partial charge in [0.2, 0.25) is 17.7 Å². The molecule has 4 N–H and O–H groups in total. The number of carbonyl (C=O) groups excluding carboxylic acids is 4. The molecule has 1 aliphatic heterocycles. The monoisotopic (exact) mass is 468 g/mol. The van der Waals surface area contributed by atoms with Gasteiger partial charge >= 0.3 is 0 Å². The Kier molecular flexibility index (Phi) is 9.76. The van der Waals surface area contributed by atoms with Gasteiger partial charge in [0, 0.05) is 17.8 Å². The molecule has 0 saturated carbocycles. The second-order valence-electron chi connectivity index (χ2n) is 7.86. The number of hydrogen-bond donors (Lipinski definition) is 3. The van der Waals surface area contributed by atoms with Crippen molar-refractivity contribution in [1.82, 2.24) is 15.5 Å². The highest BCUT2D eigenvalue weighted by molar-refractivity contribution is 6.06. The first-order valence-electron chi connectivity index (χ1n) is 11.1. The van der Waals surface area contributed by atoms with Crippen molar-refractivity contribution >= 4 is 23.6 Å². The van der Waals surface area contributed by atoms with Gasteiger partial charge in [-0.3, -0.25) is 24.5 Å². The molecule has 0 spiro atoms. The fraction of sp³-hybridized carbons (Fsp3) is 0.360. The molecular weight excluding hydrogens is 436 g/mol. The average molecular weight is 469 g/mol. The molecule has 1 saturated heterocycles. The molecule has 182 valence electrons. The third kappa shape index (κ3) is 6.89. The molecule has 1 aliphatic rings. The van der Waals surface area contributed by atoms with Gasteiger partial charge in [-0.25, -0.2) is 0 Å². The number of piperidine rings is 1. The Morgan fingerprint density at radius 3 is 2.53 bits per heavy atom. The van der Waals surface area contributed by atoms with Crippen LogP contribution in [-0.4, -0.2) is 41.2 Å². The number of imide groups is 1. The predicted octanol–water partition coefficient (Wildman–Crippen LogP) is 2.01. The molecule has 4 amide bonds. The number of nitrogens with two attached hydrogens (primary N) is 1. The smallest absolute Gasteiger partial charge is 0.262 e. The van der Waals surface area contributed by atoms with Crippen molar-refractivity contribution in [2.75, 3.05) is 6.61 Å². The highest BCUT2D eigenvalue weighted by Crippen LogP contribution is 2.24. The summed E-state index contributed by atoms with van der Waals surface area (Å²) in [5.41, 5.74) is 7.94. The van der Waals surface area contributed by atoms with Gasteiger partial charge in [-0.15, -0.1) is 0 Å². The van der Waals surface area contributed by atoms with Crippen LogP contribution in [0.25, 0.3) is 0 Å². The zero-order valence-corrected chi connectivity index (χ0v) is 19.8. The van der Waals surface area contributed by atoms with Gasteiger partial charge in [-0.05, 0) is 32.3 Å². The molecule has 34 heavy (non-hydrogen) atoms. The maximum Gasteiger partial charge on any atom is 0.262 e. The molecule has 1 unspecified atom stereocenters. The van der Waals surface area contributed by atoms with Gasteiger partial charge in [-0.2, -0.15) is 0 Å². The van der Waals surface area contributed by atoms with E-state index in [0.29, 0.717) is 12.1 Å². The molecular formula is C25H32N4O5. The third-order valence-corrected chi connectivity index (χ3v) is 5.24. The molecule has 0 aliphatic carbocycles. The number of carbonyl (C=O) groups is 4. The van der Waals surface area contributed by atoms with Gasteiger partial charge in [0.1, 0.15) is 12.6 Å². The Balaban J connectivity index is 2.20. The van der Waals surface area contributed by atoms with Gasteiger partial charge in [-0.1, -0.05) is 49.9 Å². The van der Waals surface area contributed by atoms with Gasteiger partial charge in [0.25, 0.3) is 5.91 Å². The van der Waals surface area contributed by atoms with Gasteiger partial charge in [0.15, 0.2) is 0 Å². The van der Waals surface area contributed by atoms with Crippen LogP contribution in [0.15, 0.2) is 65.7 Å². The number of hydrogen-bond acceptors (Lipinski definition) is 6. The lowest BCUT2D eigenvalue weighted by Gasteiger charge is -2.34. The number of benzene rings is 1. The van der Waals surface area contributed by atoms with Crippen LogP contribution in [-0.2, 0) is 30.5 Å². The van der Waals surface area contributed by atoms with Crippen LogP contribution >= 0.6 is 0 Å². The number of amides is 4. The van der Waals surface area contributed by atoms with Crippen LogP contribution in [0.5, 0.6) is 0 Å². The van der Waals surface area contributed by atoms with Crippen molar-refractivity contribution in [1.29, 1.82) is 0 Å². The standard InChI is InChI=1S/C25H32N4O5/c1-5-18(26)23(25(33)29(16(3)4)20-12-13-21(30)28-24(20)32)19(6-2)27-22(31)15-34-14-17-10-8-7-9-11-17/h6-11,20H,3,5,12-15,26H2,1-2,4H3,(H,27,31)(H,28,30,32)/b19-6+,23-18-. The number of allylic oxidation sites excluding steroid dienone is 3. The number of ether oxygens (including phenoxy) is 1. The Bertz CT molecular complexity index is 1010. The lowest BCUT2D eigenvalue weighted by Crippen LogP contribution is -2.54. The van der Waals surface area contributed by atoms with Crippen molar-refractivity contribution in [3.8, 4) is 0 Å². The lowest BCUT2D eigenvalue weighted by atomic mass is 10.00. The minimum absolute atomic E-state index is 0.0640. The first kappa shape index (κ1) is 26.5. The number of nitrogens with zero attached hydrogens (tertiary/aromatic N) is 1. The Hall–Kier alpha value is -3.72. The van der Waals surface area contributed by atoms with Crippen LogP contribution in [0.1, 0.15) is 45.6 Å². The molecule has 1 atom stereocenters. The van der Waals surface area contributed by atoms with Crippen LogP contribution in [0, 0.1) is 0 Å². The summed E-state index contributed by atoms with van der Waals surface area (Å²) in [4.78, 5) is 51.4. The summed E-state index contributed by atoms with van der Waals surface area (Å²) in [5.74, 6) is -2.01. The van der Waals surface area contributed by atoms with E-state index in [2.05, 4.69) is 17.2 Å². The van der Waals surface area contributed by atoms with E-state index >= 15 is 0 Å². The molecule has 2 rings (SSSR count). The summed E-state index contributed by atoms with van der Waals surface area (Å²) in [6.45, 7) is 8.90. The largest absolute Gasteiger partial charge is 0.401 e. The lowest BCUT2D eigenvalue weighted by molar-refractivity contribution is -0.142. The highest BCUT2D eigenvalue weighted by Gasteiger charge is 2.37. The molecule has 9 heteroatoms. The van der Waals surface area contributed by atoms with Gasteiger partial charge < -0.3 is 20.7 Å². The molecule has 9 nitrogen and oxygen atoms in total. The number of rotatable bonds is 10. The van der Waals surface area contributed by atoms with E-state index in [-0.39, 0.29) is 43.0 Å². The second kappa shape index (κ2) is 12.5.